The number of carbonyl (C=O) groups excluding carboxylic acids is 2. The third kappa shape index (κ3) is 4.83. The quantitative estimate of drug-likeness (QED) is 0.654. The molecule has 0 radical (unpaired) electrons. The summed E-state index contributed by atoms with van der Waals surface area (Å²) in [4.78, 5) is 29.8. The molecule has 0 aliphatic carbocycles. The SMILES string of the molecule is CCCC(C(=O)OC(C)(C)C)C(OC(C)=O)(c1c(C)cccc1C)n1cncn1. The molecule has 2 rings (SSSR count). The summed E-state index contributed by atoms with van der Waals surface area (Å²) in [6, 6.07) is 5.78. The average molecular weight is 402 g/mol. The first kappa shape index (κ1) is 22.6. The predicted octanol–water partition coefficient (Wildman–Crippen LogP) is 3.92. The van der Waals surface area contributed by atoms with E-state index in [0.717, 1.165) is 11.1 Å². The van der Waals surface area contributed by atoms with Gasteiger partial charge < -0.3 is 9.47 Å². The molecule has 1 heterocycles. The Hall–Kier alpha value is -2.70. The zero-order valence-electron chi connectivity index (χ0n) is 18.4. The first-order valence-electron chi connectivity index (χ1n) is 9.87. The Morgan fingerprint density at radius 1 is 1.14 bits per heavy atom. The van der Waals surface area contributed by atoms with Gasteiger partial charge in [-0.15, -0.1) is 0 Å². The molecule has 7 nitrogen and oxygen atoms in total. The van der Waals surface area contributed by atoms with E-state index >= 15 is 0 Å². The highest BCUT2D eigenvalue weighted by Crippen LogP contribution is 2.42. The zero-order valence-corrected chi connectivity index (χ0v) is 18.4. The smallest absolute Gasteiger partial charge is 0.316 e. The number of nitrogens with zero attached hydrogens (tertiary/aromatic N) is 3. The number of hydrogen-bond acceptors (Lipinski definition) is 6. The van der Waals surface area contributed by atoms with Crippen LogP contribution in [0.1, 0.15) is 64.2 Å². The zero-order chi connectivity index (χ0) is 21.8. The van der Waals surface area contributed by atoms with E-state index in [1.54, 1.807) is 0 Å². The number of rotatable bonds is 7. The van der Waals surface area contributed by atoms with Crippen LogP contribution in [0, 0.1) is 19.8 Å². The van der Waals surface area contributed by atoms with Crippen molar-refractivity contribution in [2.45, 2.75) is 72.6 Å². The summed E-state index contributed by atoms with van der Waals surface area (Å²) in [7, 11) is 0. The van der Waals surface area contributed by atoms with Crippen molar-refractivity contribution < 1.29 is 19.1 Å². The summed E-state index contributed by atoms with van der Waals surface area (Å²) in [6.45, 7) is 12.6. The molecule has 0 saturated carbocycles. The Labute approximate surface area is 172 Å². The van der Waals surface area contributed by atoms with Gasteiger partial charge in [-0.1, -0.05) is 31.5 Å². The molecule has 0 aliphatic rings. The molecule has 2 aromatic rings. The van der Waals surface area contributed by atoms with Crippen LogP contribution in [-0.2, 0) is 24.8 Å². The predicted molar refractivity (Wildman–Crippen MR) is 109 cm³/mol. The Kier molecular flexibility index (Phi) is 6.82. The molecule has 2 unspecified atom stereocenters. The van der Waals surface area contributed by atoms with Crippen molar-refractivity contribution >= 4 is 11.9 Å². The van der Waals surface area contributed by atoms with Crippen molar-refractivity contribution in [3.05, 3.63) is 47.5 Å². The lowest BCUT2D eigenvalue weighted by molar-refractivity contribution is -0.190. The maximum atomic E-state index is 13.4. The van der Waals surface area contributed by atoms with Gasteiger partial charge >= 0.3 is 11.9 Å². The summed E-state index contributed by atoms with van der Waals surface area (Å²) in [5.74, 6) is -1.77. The second-order valence-corrected chi connectivity index (χ2v) is 8.27. The number of ether oxygens (including phenoxy) is 2. The molecule has 0 aliphatic heterocycles. The van der Waals surface area contributed by atoms with Crippen molar-refractivity contribution in [2.24, 2.45) is 5.92 Å². The largest absolute Gasteiger partial charge is 0.460 e. The maximum absolute atomic E-state index is 13.4. The topological polar surface area (TPSA) is 83.3 Å². The minimum Gasteiger partial charge on any atom is -0.460 e. The number of esters is 2. The molecule has 0 fully saturated rings. The second kappa shape index (κ2) is 8.76. The van der Waals surface area contributed by atoms with Crippen LogP contribution in [0.15, 0.2) is 30.9 Å². The van der Waals surface area contributed by atoms with Gasteiger partial charge in [-0.25, -0.2) is 9.67 Å². The molecular formula is C22H31N3O4. The van der Waals surface area contributed by atoms with Crippen molar-refractivity contribution in [1.29, 1.82) is 0 Å². The molecule has 0 N–H and O–H groups in total. The van der Waals surface area contributed by atoms with Crippen LogP contribution in [0.5, 0.6) is 0 Å². The van der Waals surface area contributed by atoms with Crippen LogP contribution in [-0.4, -0.2) is 32.3 Å². The van der Waals surface area contributed by atoms with Gasteiger partial charge in [-0.3, -0.25) is 9.59 Å². The summed E-state index contributed by atoms with van der Waals surface area (Å²) in [6.07, 6.45) is 3.97. The maximum Gasteiger partial charge on any atom is 0.316 e. The molecule has 1 aromatic heterocycles. The third-order valence-corrected chi connectivity index (χ3v) is 4.64. The van der Waals surface area contributed by atoms with Crippen molar-refractivity contribution in [1.82, 2.24) is 14.8 Å². The lowest BCUT2D eigenvalue weighted by Crippen LogP contribution is -2.51. The molecule has 0 bridgehead atoms. The van der Waals surface area contributed by atoms with Gasteiger partial charge in [0.15, 0.2) is 0 Å². The number of carbonyl (C=O) groups is 2. The first-order valence-corrected chi connectivity index (χ1v) is 9.87. The molecule has 0 spiro atoms. The Morgan fingerprint density at radius 2 is 1.76 bits per heavy atom. The molecule has 7 heteroatoms. The summed E-state index contributed by atoms with van der Waals surface area (Å²) < 4.78 is 13.2. The van der Waals surface area contributed by atoms with E-state index in [9.17, 15) is 9.59 Å². The lowest BCUT2D eigenvalue weighted by atomic mass is 9.81. The van der Waals surface area contributed by atoms with E-state index in [4.69, 9.17) is 9.47 Å². The number of hydrogen-bond donors (Lipinski definition) is 0. The van der Waals surface area contributed by atoms with Crippen molar-refractivity contribution in [3.63, 3.8) is 0 Å². The highest BCUT2D eigenvalue weighted by molar-refractivity contribution is 5.76. The molecular weight excluding hydrogens is 370 g/mol. The van der Waals surface area contributed by atoms with Crippen LogP contribution in [0.3, 0.4) is 0 Å². The fourth-order valence-electron chi connectivity index (χ4n) is 3.73. The standard InChI is InChI=1S/C22H31N3O4/c1-8-10-18(20(27)29-21(5,6)7)22(28-17(4)26,25-14-23-13-24-25)19-15(2)11-9-12-16(19)3/h9,11-14,18H,8,10H2,1-7H3. The summed E-state index contributed by atoms with van der Waals surface area (Å²) in [5.41, 5.74) is 0.285. The van der Waals surface area contributed by atoms with E-state index < -0.39 is 29.2 Å². The van der Waals surface area contributed by atoms with Crippen LogP contribution >= 0.6 is 0 Å². The fourth-order valence-corrected chi connectivity index (χ4v) is 3.73. The number of aromatic nitrogens is 3. The summed E-state index contributed by atoms with van der Waals surface area (Å²) in [5, 5.41) is 4.30. The van der Waals surface area contributed by atoms with Gasteiger partial charge in [0.2, 0.25) is 5.72 Å². The van der Waals surface area contributed by atoms with E-state index in [2.05, 4.69) is 10.1 Å². The average Bonchev–Trinajstić information content (AvgIpc) is 3.11. The van der Waals surface area contributed by atoms with Crippen LogP contribution in [0.2, 0.25) is 0 Å². The number of aryl methyl sites for hydroxylation is 2. The molecule has 1 aromatic carbocycles. The lowest BCUT2D eigenvalue weighted by Gasteiger charge is -2.41. The van der Waals surface area contributed by atoms with Crippen molar-refractivity contribution in [2.75, 3.05) is 0 Å². The first-order chi connectivity index (χ1) is 13.5. The second-order valence-electron chi connectivity index (χ2n) is 8.27. The third-order valence-electron chi connectivity index (χ3n) is 4.64. The molecule has 29 heavy (non-hydrogen) atoms. The molecule has 158 valence electrons. The van der Waals surface area contributed by atoms with Gasteiger partial charge in [0.05, 0.1) is 0 Å². The van der Waals surface area contributed by atoms with E-state index in [1.165, 1.54) is 24.3 Å². The minimum atomic E-state index is -1.50. The highest BCUT2D eigenvalue weighted by Gasteiger charge is 2.52. The normalized spacial score (nSPS) is 14.7. The van der Waals surface area contributed by atoms with E-state index in [1.807, 2.05) is 59.7 Å². The highest BCUT2D eigenvalue weighted by atomic mass is 16.6. The minimum absolute atomic E-state index is 0.440. The number of benzene rings is 1. The molecule has 0 amide bonds. The summed E-state index contributed by atoms with van der Waals surface area (Å²) >= 11 is 0. The van der Waals surface area contributed by atoms with Crippen LogP contribution < -0.4 is 0 Å². The molecule has 2 atom stereocenters. The van der Waals surface area contributed by atoms with Gasteiger partial charge in [-0.2, -0.15) is 5.10 Å². The Balaban J connectivity index is 2.86. The van der Waals surface area contributed by atoms with Gasteiger partial charge in [0.25, 0.3) is 0 Å². The van der Waals surface area contributed by atoms with E-state index in [0.29, 0.717) is 18.4 Å². The van der Waals surface area contributed by atoms with Crippen molar-refractivity contribution in [3.8, 4) is 0 Å². The Morgan fingerprint density at radius 3 is 2.21 bits per heavy atom. The van der Waals surface area contributed by atoms with Gasteiger partial charge in [-0.05, 0) is 52.2 Å². The monoisotopic (exact) mass is 401 g/mol. The van der Waals surface area contributed by atoms with Crippen LogP contribution in [0.25, 0.3) is 0 Å². The van der Waals surface area contributed by atoms with Gasteiger partial charge in [0.1, 0.15) is 24.2 Å². The Bertz CT molecular complexity index is 835. The molecule has 0 saturated heterocycles. The van der Waals surface area contributed by atoms with Gasteiger partial charge in [0, 0.05) is 12.5 Å². The van der Waals surface area contributed by atoms with E-state index in [-0.39, 0.29) is 0 Å². The van der Waals surface area contributed by atoms with Crippen LogP contribution in [0.4, 0.5) is 0 Å². The fraction of sp³-hybridized carbons (Fsp3) is 0.545.